The van der Waals surface area contributed by atoms with Gasteiger partial charge in [0.25, 0.3) is 0 Å². The molecule has 1 unspecified atom stereocenters. The SMILES string of the molecule is C=C(C)C(=O)N(CC(C)O)C1CCCCC1. The van der Waals surface area contributed by atoms with E-state index in [1.54, 1.807) is 13.8 Å². The highest BCUT2D eigenvalue weighted by molar-refractivity contribution is 5.92. The van der Waals surface area contributed by atoms with Crippen molar-refractivity contribution in [3.63, 3.8) is 0 Å². The molecule has 1 saturated carbocycles. The van der Waals surface area contributed by atoms with Crippen LogP contribution in [0, 0.1) is 0 Å². The first-order chi connectivity index (χ1) is 7.52. The molecule has 0 aromatic carbocycles. The molecule has 0 aromatic heterocycles. The number of carbonyl (C=O) groups is 1. The first-order valence-corrected chi connectivity index (χ1v) is 6.17. The summed E-state index contributed by atoms with van der Waals surface area (Å²) in [4.78, 5) is 13.8. The minimum absolute atomic E-state index is 0.00667. The summed E-state index contributed by atoms with van der Waals surface area (Å²) in [6.45, 7) is 7.59. The van der Waals surface area contributed by atoms with Gasteiger partial charge in [-0.15, -0.1) is 0 Å². The molecule has 1 aliphatic carbocycles. The maximum absolute atomic E-state index is 12.0. The molecular weight excluding hydrogens is 202 g/mol. The van der Waals surface area contributed by atoms with Gasteiger partial charge in [0, 0.05) is 18.2 Å². The zero-order chi connectivity index (χ0) is 12.1. The first-order valence-electron chi connectivity index (χ1n) is 6.17. The van der Waals surface area contributed by atoms with E-state index in [1.165, 1.54) is 19.3 Å². The zero-order valence-corrected chi connectivity index (χ0v) is 10.4. The Labute approximate surface area is 98.1 Å². The molecule has 0 heterocycles. The number of amides is 1. The summed E-state index contributed by atoms with van der Waals surface area (Å²) in [6, 6.07) is 0.299. The molecule has 0 bridgehead atoms. The summed E-state index contributed by atoms with van der Waals surface area (Å²) in [5.41, 5.74) is 0.561. The lowest BCUT2D eigenvalue weighted by Crippen LogP contribution is -2.45. The van der Waals surface area contributed by atoms with E-state index < -0.39 is 6.10 Å². The molecule has 0 saturated heterocycles. The van der Waals surface area contributed by atoms with Crippen LogP contribution in [-0.2, 0) is 4.79 Å². The third kappa shape index (κ3) is 3.63. The molecule has 0 aromatic rings. The predicted molar refractivity (Wildman–Crippen MR) is 65.1 cm³/mol. The van der Waals surface area contributed by atoms with Crippen LogP contribution in [0.15, 0.2) is 12.2 Å². The van der Waals surface area contributed by atoms with Crippen LogP contribution in [-0.4, -0.2) is 34.6 Å². The molecule has 3 heteroatoms. The van der Waals surface area contributed by atoms with E-state index in [1.807, 2.05) is 4.90 Å². The van der Waals surface area contributed by atoms with E-state index >= 15 is 0 Å². The van der Waals surface area contributed by atoms with Gasteiger partial charge in [-0.1, -0.05) is 25.8 Å². The molecule has 0 radical (unpaired) electrons. The number of hydrogen-bond donors (Lipinski definition) is 1. The first kappa shape index (κ1) is 13.2. The molecule has 1 amide bonds. The topological polar surface area (TPSA) is 40.5 Å². The standard InChI is InChI=1S/C13H23NO2/c1-10(2)13(16)14(9-11(3)15)12-7-5-4-6-8-12/h11-12,15H,1,4-9H2,2-3H3. The van der Waals surface area contributed by atoms with Gasteiger partial charge in [-0.3, -0.25) is 4.79 Å². The maximum atomic E-state index is 12.0. The number of rotatable bonds is 4. The lowest BCUT2D eigenvalue weighted by atomic mass is 9.93. The van der Waals surface area contributed by atoms with Gasteiger partial charge in [0.2, 0.25) is 5.91 Å². The quantitative estimate of drug-likeness (QED) is 0.744. The third-order valence-corrected chi connectivity index (χ3v) is 3.10. The van der Waals surface area contributed by atoms with Crippen molar-refractivity contribution in [3.8, 4) is 0 Å². The molecule has 1 atom stereocenters. The molecule has 0 aliphatic heterocycles. The Kier molecular flexibility index (Phi) is 5.00. The Morgan fingerprint density at radius 1 is 1.44 bits per heavy atom. The molecule has 1 fully saturated rings. The smallest absolute Gasteiger partial charge is 0.249 e. The lowest BCUT2D eigenvalue weighted by Gasteiger charge is -2.35. The number of carbonyl (C=O) groups excluding carboxylic acids is 1. The van der Waals surface area contributed by atoms with Crippen molar-refractivity contribution in [2.75, 3.05) is 6.54 Å². The van der Waals surface area contributed by atoms with Gasteiger partial charge in [0.1, 0.15) is 0 Å². The summed E-state index contributed by atoms with van der Waals surface area (Å²) in [5.74, 6) is -0.00667. The molecule has 0 spiro atoms. The van der Waals surface area contributed by atoms with Crippen molar-refractivity contribution in [2.45, 2.75) is 58.1 Å². The minimum Gasteiger partial charge on any atom is -0.392 e. The normalized spacial score (nSPS) is 19.2. The highest BCUT2D eigenvalue weighted by Gasteiger charge is 2.26. The zero-order valence-electron chi connectivity index (χ0n) is 10.4. The Hall–Kier alpha value is -0.830. The van der Waals surface area contributed by atoms with Crippen LogP contribution in [0.25, 0.3) is 0 Å². The molecule has 1 N–H and O–H groups in total. The number of aliphatic hydroxyl groups excluding tert-OH is 1. The molecule has 1 aliphatic rings. The molecular formula is C13H23NO2. The van der Waals surface area contributed by atoms with Gasteiger partial charge in [0.15, 0.2) is 0 Å². The van der Waals surface area contributed by atoms with Gasteiger partial charge in [-0.2, -0.15) is 0 Å². The van der Waals surface area contributed by atoms with Crippen LogP contribution in [0.4, 0.5) is 0 Å². The number of aliphatic hydroxyl groups is 1. The summed E-state index contributed by atoms with van der Waals surface area (Å²) in [5, 5.41) is 9.46. The second-order valence-electron chi connectivity index (χ2n) is 4.88. The second-order valence-corrected chi connectivity index (χ2v) is 4.88. The Bertz CT molecular complexity index is 255. The van der Waals surface area contributed by atoms with Crippen LogP contribution in [0.2, 0.25) is 0 Å². The fourth-order valence-corrected chi connectivity index (χ4v) is 2.32. The van der Waals surface area contributed by atoms with Crippen LogP contribution in [0.5, 0.6) is 0 Å². The lowest BCUT2D eigenvalue weighted by molar-refractivity contribution is -0.131. The van der Waals surface area contributed by atoms with E-state index in [0.29, 0.717) is 18.2 Å². The van der Waals surface area contributed by atoms with Crippen molar-refractivity contribution in [3.05, 3.63) is 12.2 Å². The average molecular weight is 225 g/mol. The van der Waals surface area contributed by atoms with E-state index in [2.05, 4.69) is 6.58 Å². The van der Waals surface area contributed by atoms with Crippen LogP contribution in [0.3, 0.4) is 0 Å². The van der Waals surface area contributed by atoms with Crippen LogP contribution >= 0.6 is 0 Å². The van der Waals surface area contributed by atoms with E-state index in [0.717, 1.165) is 12.8 Å². The molecule has 16 heavy (non-hydrogen) atoms. The maximum Gasteiger partial charge on any atom is 0.249 e. The Morgan fingerprint density at radius 3 is 2.44 bits per heavy atom. The Morgan fingerprint density at radius 2 is 2.00 bits per heavy atom. The largest absolute Gasteiger partial charge is 0.392 e. The van der Waals surface area contributed by atoms with Gasteiger partial charge in [0.05, 0.1) is 6.10 Å². The minimum atomic E-state index is -0.467. The second kappa shape index (κ2) is 6.04. The monoisotopic (exact) mass is 225 g/mol. The van der Waals surface area contributed by atoms with Gasteiger partial charge < -0.3 is 10.0 Å². The summed E-state index contributed by atoms with van der Waals surface area (Å²) in [7, 11) is 0. The highest BCUT2D eigenvalue weighted by atomic mass is 16.3. The summed E-state index contributed by atoms with van der Waals surface area (Å²) in [6.07, 6.45) is 5.29. The van der Waals surface area contributed by atoms with Crippen molar-refractivity contribution >= 4 is 5.91 Å². The average Bonchev–Trinajstić information content (AvgIpc) is 2.26. The highest BCUT2D eigenvalue weighted by Crippen LogP contribution is 2.23. The van der Waals surface area contributed by atoms with Gasteiger partial charge >= 0.3 is 0 Å². The van der Waals surface area contributed by atoms with Crippen molar-refractivity contribution in [2.24, 2.45) is 0 Å². The van der Waals surface area contributed by atoms with E-state index in [4.69, 9.17) is 0 Å². The van der Waals surface area contributed by atoms with Crippen LogP contribution < -0.4 is 0 Å². The van der Waals surface area contributed by atoms with E-state index in [-0.39, 0.29) is 5.91 Å². The summed E-state index contributed by atoms with van der Waals surface area (Å²) < 4.78 is 0. The van der Waals surface area contributed by atoms with Gasteiger partial charge in [-0.25, -0.2) is 0 Å². The fraction of sp³-hybridized carbons (Fsp3) is 0.769. The van der Waals surface area contributed by atoms with Crippen molar-refractivity contribution in [1.29, 1.82) is 0 Å². The van der Waals surface area contributed by atoms with E-state index in [9.17, 15) is 9.90 Å². The van der Waals surface area contributed by atoms with Gasteiger partial charge in [-0.05, 0) is 26.7 Å². The number of nitrogens with zero attached hydrogens (tertiary/aromatic N) is 1. The van der Waals surface area contributed by atoms with Crippen molar-refractivity contribution in [1.82, 2.24) is 4.90 Å². The molecule has 3 nitrogen and oxygen atoms in total. The third-order valence-electron chi connectivity index (χ3n) is 3.10. The Balaban J connectivity index is 2.68. The molecule has 1 rings (SSSR count). The van der Waals surface area contributed by atoms with Crippen LogP contribution in [0.1, 0.15) is 46.0 Å². The molecule has 92 valence electrons. The fourth-order valence-electron chi connectivity index (χ4n) is 2.32. The summed E-state index contributed by atoms with van der Waals surface area (Å²) >= 11 is 0. The van der Waals surface area contributed by atoms with Crippen molar-refractivity contribution < 1.29 is 9.90 Å². The predicted octanol–water partition coefficient (Wildman–Crippen LogP) is 2.10. The number of hydrogen-bond acceptors (Lipinski definition) is 2.